The monoisotopic (exact) mass is 304 g/mol. The van der Waals surface area contributed by atoms with Gasteiger partial charge in [-0.3, -0.25) is 0 Å². The molecule has 0 unspecified atom stereocenters. The molecule has 0 heterocycles. The van der Waals surface area contributed by atoms with E-state index in [1.165, 1.54) is 5.56 Å². The van der Waals surface area contributed by atoms with Crippen molar-refractivity contribution in [3.05, 3.63) is 29.8 Å². The lowest BCUT2D eigenvalue weighted by molar-refractivity contribution is -0.124. The van der Waals surface area contributed by atoms with E-state index in [0.29, 0.717) is 12.3 Å². The number of alkyl halides is 3. The summed E-state index contributed by atoms with van der Waals surface area (Å²) < 4.78 is 41.2. The van der Waals surface area contributed by atoms with Gasteiger partial charge >= 0.3 is 6.18 Å². The van der Waals surface area contributed by atoms with Crippen LogP contribution in [0.25, 0.3) is 0 Å². The highest BCUT2D eigenvalue weighted by atomic mass is 19.4. The zero-order valence-corrected chi connectivity index (χ0v) is 12.1. The molecule has 120 valence electrons. The predicted octanol–water partition coefficient (Wildman–Crippen LogP) is 2.89. The van der Waals surface area contributed by atoms with Crippen LogP contribution in [-0.2, 0) is 6.42 Å². The van der Waals surface area contributed by atoms with Crippen LogP contribution >= 0.6 is 0 Å². The maximum absolute atomic E-state index is 11.9. The summed E-state index contributed by atoms with van der Waals surface area (Å²) in [6, 6.07) is 7.67. The van der Waals surface area contributed by atoms with Gasteiger partial charge in [0.25, 0.3) is 0 Å². The maximum Gasteiger partial charge on any atom is 0.401 e. The number of rotatable bonds is 10. The van der Waals surface area contributed by atoms with Crippen LogP contribution in [0.15, 0.2) is 24.3 Å². The highest BCUT2D eigenvalue weighted by molar-refractivity contribution is 5.28. The zero-order chi connectivity index (χ0) is 15.6. The van der Waals surface area contributed by atoms with E-state index in [1.54, 1.807) is 0 Å². The summed E-state index contributed by atoms with van der Waals surface area (Å²) in [5.74, 6) is 0.695. The van der Waals surface area contributed by atoms with Crippen LogP contribution in [-0.4, -0.2) is 32.4 Å². The maximum atomic E-state index is 11.9. The highest BCUT2D eigenvalue weighted by Gasteiger charge is 2.25. The molecule has 0 fully saturated rings. The minimum absolute atomic E-state index is 0.167. The molecule has 0 aromatic heterocycles. The van der Waals surface area contributed by atoms with E-state index >= 15 is 0 Å². The molecule has 0 aliphatic rings. The van der Waals surface area contributed by atoms with E-state index in [2.05, 4.69) is 5.32 Å². The summed E-state index contributed by atoms with van der Waals surface area (Å²) in [7, 11) is 0. The summed E-state index contributed by atoms with van der Waals surface area (Å²) in [6.45, 7) is 0.110. The van der Waals surface area contributed by atoms with Crippen molar-refractivity contribution in [2.45, 2.75) is 31.9 Å². The number of nitrogens with one attached hydrogen (secondary N) is 1. The number of nitrogens with two attached hydrogens (primary N) is 1. The molecular weight excluding hydrogens is 281 g/mol. The van der Waals surface area contributed by atoms with Gasteiger partial charge in [0.2, 0.25) is 0 Å². The molecule has 0 atom stereocenters. The second kappa shape index (κ2) is 9.63. The van der Waals surface area contributed by atoms with E-state index in [4.69, 9.17) is 10.5 Å². The lowest BCUT2D eigenvalue weighted by atomic mass is 10.1. The Morgan fingerprint density at radius 3 is 2.67 bits per heavy atom. The number of benzene rings is 1. The van der Waals surface area contributed by atoms with Gasteiger partial charge in [-0.15, -0.1) is 0 Å². The smallest absolute Gasteiger partial charge is 0.401 e. The van der Waals surface area contributed by atoms with Crippen LogP contribution < -0.4 is 15.8 Å². The van der Waals surface area contributed by atoms with E-state index in [-0.39, 0.29) is 13.2 Å². The SMILES string of the molecule is NCCCCCc1cccc(OCCNCC(F)(F)F)c1. The molecule has 1 aromatic carbocycles. The minimum atomic E-state index is -4.18. The molecule has 0 saturated heterocycles. The van der Waals surface area contributed by atoms with E-state index in [0.717, 1.165) is 25.7 Å². The number of hydrogen-bond donors (Lipinski definition) is 2. The summed E-state index contributed by atoms with van der Waals surface area (Å²) in [5, 5.41) is 2.30. The van der Waals surface area contributed by atoms with Gasteiger partial charge in [-0.05, 0) is 43.5 Å². The number of ether oxygens (including phenoxy) is 1. The highest BCUT2D eigenvalue weighted by Crippen LogP contribution is 2.15. The average molecular weight is 304 g/mol. The standard InChI is InChI=1S/C15H23F3N2O/c16-15(17,18)12-20-9-10-21-14-7-4-6-13(11-14)5-2-1-3-8-19/h4,6-7,11,20H,1-3,5,8-10,12,19H2. The first-order valence-corrected chi connectivity index (χ1v) is 7.20. The first kappa shape index (κ1) is 17.8. The molecule has 0 bridgehead atoms. The third kappa shape index (κ3) is 9.31. The van der Waals surface area contributed by atoms with Gasteiger partial charge in [0.15, 0.2) is 0 Å². The van der Waals surface area contributed by atoms with Crippen molar-refractivity contribution >= 4 is 0 Å². The van der Waals surface area contributed by atoms with Crippen LogP contribution in [0.2, 0.25) is 0 Å². The van der Waals surface area contributed by atoms with Crippen molar-refractivity contribution in [3.63, 3.8) is 0 Å². The molecule has 21 heavy (non-hydrogen) atoms. The fourth-order valence-electron chi connectivity index (χ4n) is 1.91. The van der Waals surface area contributed by atoms with Crippen molar-refractivity contribution in [1.29, 1.82) is 0 Å². The first-order valence-electron chi connectivity index (χ1n) is 7.20. The van der Waals surface area contributed by atoms with Gasteiger partial charge in [0.05, 0.1) is 6.54 Å². The Kier molecular flexibility index (Phi) is 8.15. The summed E-state index contributed by atoms with van der Waals surface area (Å²) in [6.07, 6.45) is -0.00915. The Labute approximate surface area is 123 Å². The third-order valence-corrected chi connectivity index (χ3v) is 2.94. The molecular formula is C15H23F3N2O. The lowest BCUT2D eigenvalue weighted by Crippen LogP contribution is -2.31. The van der Waals surface area contributed by atoms with Gasteiger partial charge in [-0.2, -0.15) is 13.2 Å². The Balaban J connectivity index is 2.23. The van der Waals surface area contributed by atoms with Crippen molar-refractivity contribution in [3.8, 4) is 5.75 Å². The number of halogens is 3. The van der Waals surface area contributed by atoms with Gasteiger partial charge in [-0.1, -0.05) is 18.6 Å². The Morgan fingerprint density at radius 1 is 1.14 bits per heavy atom. The third-order valence-electron chi connectivity index (χ3n) is 2.94. The second-order valence-corrected chi connectivity index (χ2v) is 4.89. The van der Waals surface area contributed by atoms with Crippen LogP contribution in [0, 0.1) is 0 Å². The molecule has 1 aromatic rings. The predicted molar refractivity (Wildman–Crippen MR) is 77.5 cm³/mol. The Hall–Kier alpha value is -1.27. The zero-order valence-electron chi connectivity index (χ0n) is 12.1. The average Bonchev–Trinajstić information content (AvgIpc) is 2.42. The normalized spacial score (nSPS) is 11.6. The molecule has 0 aliphatic carbocycles. The van der Waals surface area contributed by atoms with Gasteiger partial charge in [-0.25, -0.2) is 0 Å². The topological polar surface area (TPSA) is 47.3 Å². The van der Waals surface area contributed by atoms with Gasteiger partial charge < -0.3 is 15.8 Å². The van der Waals surface area contributed by atoms with E-state index in [1.807, 2.05) is 24.3 Å². The molecule has 0 radical (unpaired) electrons. The van der Waals surface area contributed by atoms with Crippen LogP contribution in [0.5, 0.6) is 5.75 Å². The van der Waals surface area contributed by atoms with E-state index in [9.17, 15) is 13.2 Å². The summed E-state index contributed by atoms with van der Waals surface area (Å²) in [5.41, 5.74) is 6.62. The lowest BCUT2D eigenvalue weighted by Gasteiger charge is -2.10. The molecule has 6 heteroatoms. The van der Waals surface area contributed by atoms with Crippen LogP contribution in [0.3, 0.4) is 0 Å². The van der Waals surface area contributed by atoms with Crippen molar-refractivity contribution in [1.82, 2.24) is 5.32 Å². The second-order valence-electron chi connectivity index (χ2n) is 4.89. The molecule has 0 spiro atoms. The fraction of sp³-hybridized carbons (Fsp3) is 0.600. The fourth-order valence-corrected chi connectivity index (χ4v) is 1.91. The van der Waals surface area contributed by atoms with Crippen LogP contribution in [0.4, 0.5) is 13.2 Å². The molecule has 0 saturated carbocycles. The largest absolute Gasteiger partial charge is 0.492 e. The molecule has 3 nitrogen and oxygen atoms in total. The number of unbranched alkanes of at least 4 members (excludes halogenated alkanes) is 2. The Bertz CT molecular complexity index is 397. The van der Waals surface area contributed by atoms with Crippen molar-refractivity contribution in [2.75, 3.05) is 26.2 Å². The Morgan fingerprint density at radius 2 is 1.95 bits per heavy atom. The molecule has 1 rings (SSSR count). The molecule has 0 amide bonds. The number of hydrogen-bond acceptors (Lipinski definition) is 3. The molecule has 0 aliphatic heterocycles. The molecule has 3 N–H and O–H groups in total. The van der Waals surface area contributed by atoms with Crippen molar-refractivity contribution in [2.24, 2.45) is 5.73 Å². The van der Waals surface area contributed by atoms with Gasteiger partial charge in [0, 0.05) is 6.54 Å². The summed E-state index contributed by atoms with van der Waals surface area (Å²) in [4.78, 5) is 0. The summed E-state index contributed by atoms with van der Waals surface area (Å²) >= 11 is 0. The minimum Gasteiger partial charge on any atom is -0.492 e. The quantitative estimate of drug-likeness (QED) is 0.653. The van der Waals surface area contributed by atoms with Crippen molar-refractivity contribution < 1.29 is 17.9 Å². The number of aryl methyl sites for hydroxylation is 1. The van der Waals surface area contributed by atoms with E-state index < -0.39 is 12.7 Å². The first-order chi connectivity index (χ1) is 10.0. The van der Waals surface area contributed by atoms with Gasteiger partial charge in [0.1, 0.15) is 12.4 Å². The van der Waals surface area contributed by atoms with Crippen LogP contribution in [0.1, 0.15) is 24.8 Å².